The maximum atomic E-state index is 13.7. The second-order valence-electron chi connectivity index (χ2n) is 10.8. The van der Waals surface area contributed by atoms with Crippen molar-refractivity contribution in [3.63, 3.8) is 0 Å². The summed E-state index contributed by atoms with van der Waals surface area (Å²) < 4.78 is 47.9. The lowest BCUT2D eigenvalue weighted by Crippen LogP contribution is -2.36. The van der Waals surface area contributed by atoms with E-state index in [-0.39, 0.29) is 5.82 Å². The highest BCUT2D eigenvalue weighted by molar-refractivity contribution is 7.92. The van der Waals surface area contributed by atoms with E-state index in [2.05, 4.69) is 21.4 Å². The Morgan fingerprint density at radius 3 is 2.56 bits per heavy atom. The Kier molecular flexibility index (Phi) is 7.24. The SMILES string of the molecule is CS(=O)(=O)N(CCCN1CCCCC1)c1cc2oc(-c3ccc(F)cc3)c(C3=NOCCN3)c2cc1C1CC1. The average Bonchev–Trinajstić information content (AvgIpc) is 3.72. The number of fused-ring (bicyclic) bond motifs is 1. The first-order chi connectivity index (χ1) is 18.9. The first-order valence-corrected chi connectivity index (χ1v) is 15.7. The van der Waals surface area contributed by atoms with Crippen molar-refractivity contribution in [3.05, 3.63) is 53.3 Å². The van der Waals surface area contributed by atoms with Crippen molar-refractivity contribution in [1.82, 2.24) is 10.2 Å². The van der Waals surface area contributed by atoms with E-state index in [1.807, 2.05) is 6.07 Å². The van der Waals surface area contributed by atoms with Crippen molar-refractivity contribution in [2.75, 3.05) is 49.9 Å². The summed E-state index contributed by atoms with van der Waals surface area (Å²) in [6, 6.07) is 10.1. The number of sulfonamides is 1. The van der Waals surface area contributed by atoms with Crippen molar-refractivity contribution in [2.24, 2.45) is 5.16 Å². The third-order valence-electron chi connectivity index (χ3n) is 7.79. The molecule has 1 aromatic heterocycles. The average molecular weight is 555 g/mol. The van der Waals surface area contributed by atoms with Gasteiger partial charge in [-0.25, -0.2) is 12.8 Å². The highest BCUT2D eigenvalue weighted by Gasteiger charge is 2.33. The molecule has 3 aliphatic rings. The molecule has 8 nitrogen and oxygen atoms in total. The fourth-order valence-corrected chi connectivity index (χ4v) is 6.68. The van der Waals surface area contributed by atoms with E-state index in [1.54, 1.807) is 16.4 Å². The third-order valence-corrected chi connectivity index (χ3v) is 8.97. The van der Waals surface area contributed by atoms with Crippen LogP contribution in [-0.2, 0) is 14.9 Å². The molecular weight excluding hydrogens is 519 g/mol. The van der Waals surface area contributed by atoms with E-state index in [9.17, 15) is 12.8 Å². The minimum Gasteiger partial charge on any atom is -0.455 e. The van der Waals surface area contributed by atoms with Crippen LogP contribution in [0.25, 0.3) is 22.3 Å². The highest BCUT2D eigenvalue weighted by Crippen LogP contribution is 2.48. The lowest BCUT2D eigenvalue weighted by molar-refractivity contribution is 0.136. The van der Waals surface area contributed by atoms with Crippen LogP contribution in [0.2, 0.25) is 0 Å². The molecule has 2 aliphatic heterocycles. The van der Waals surface area contributed by atoms with Gasteiger partial charge >= 0.3 is 0 Å². The summed E-state index contributed by atoms with van der Waals surface area (Å²) in [6.45, 7) is 4.53. The number of amidine groups is 1. The predicted octanol–water partition coefficient (Wildman–Crippen LogP) is 5.04. The lowest BCUT2D eigenvalue weighted by atomic mass is 10.00. The Morgan fingerprint density at radius 2 is 1.90 bits per heavy atom. The minimum absolute atomic E-state index is 0.297. The number of furan rings is 1. The summed E-state index contributed by atoms with van der Waals surface area (Å²) in [6.07, 6.45) is 7.77. The Hall–Kier alpha value is -3.11. The normalized spacial score (nSPS) is 18.5. The highest BCUT2D eigenvalue weighted by atomic mass is 32.2. The molecule has 0 atom stereocenters. The van der Waals surface area contributed by atoms with Crippen LogP contribution in [0.3, 0.4) is 0 Å². The fraction of sp³-hybridized carbons (Fsp3) is 0.483. The smallest absolute Gasteiger partial charge is 0.232 e. The molecule has 1 saturated heterocycles. The molecular formula is C29H35FN4O4S. The van der Waals surface area contributed by atoms with Gasteiger partial charge in [-0.1, -0.05) is 11.6 Å². The van der Waals surface area contributed by atoms with Crippen LogP contribution < -0.4 is 9.62 Å². The molecule has 3 aromatic rings. The number of piperidine rings is 1. The number of anilines is 1. The van der Waals surface area contributed by atoms with Crippen molar-refractivity contribution in [1.29, 1.82) is 0 Å². The summed E-state index contributed by atoms with van der Waals surface area (Å²) in [7, 11) is -3.52. The summed E-state index contributed by atoms with van der Waals surface area (Å²) in [5.41, 5.74) is 3.70. The fourth-order valence-electron chi connectivity index (χ4n) is 5.70. The maximum absolute atomic E-state index is 13.7. The van der Waals surface area contributed by atoms with Gasteiger partial charge in [-0.3, -0.25) is 4.31 Å². The molecule has 2 aromatic carbocycles. The van der Waals surface area contributed by atoms with Crippen LogP contribution in [0.15, 0.2) is 46.0 Å². The van der Waals surface area contributed by atoms with Gasteiger partial charge in [0.05, 0.1) is 24.1 Å². The van der Waals surface area contributed by atoms with Crippen LogP contribution in [0.5, 0.6) is 0 Å². The molecule has 3 heterocycles. The maximum Gasteiger partial charge on any atom is 0.232 e. The predicted molar refractivity (Wildman–Crippen MR) is 151 cm³/mol. The molecule has 0 bridgehead atoms. The Bertz CT molecular complexity index is 1480. The number of hydrogen-bond acceptors (Lipinski definition) is 7. The minimum atomic E-state index is -3.52. The number of benzene rings is 2. The van der Waals surface area contributed by atoms with Gasteiger partial charge in [-0.2, -0.15) is 0 Å². The van der Waals surface area contributed by atoms with Crippen molar-refractivity contribution >= 4 is 32.5 Å². The number of halogens is 1. The second kappa shape index (κ2) is 10.8. The molecule has 208 valence electrons. The first kappa shape index (κ1) is 26.1. The van der Waals surface area contributed by atoms with E-state index in [4.69, 9.17) is 9.25 Å². The molecule has 39 heavy (non-hydrogen) atoms. The van der Waals surface area contributed by atoms with Gasteiger partial charge in [0.25, 0.3) is 0 Å². The van der Waals surface area contributed by atoms with Crippen molar-refractivity contribution in [2.45, 2.75) is 44.4 Å². The zero-order valence-electron chi connectivity index (χ0n) is 22.3. The molecule has 0 amide bonds. The topological polar surface area (TPSA) is 87.4 Å². The van der Waals surface area contributed by atoms with E-state index in [0.717, 1.165) is 55.4 Å². The van der Waals surface area contributed by atoms with Crippen LogP contribution in [-0.4, -0.2) is 64.7 Å². The Balaban J connectivity index is 1.44. The summed E-state index contributed by atoms with van der Waals surface area (Å²) in [5.74, 6) is 1.05. The number of oxime groups is 1. The molecule has 0 unspecified atom stereocenters. The van der Waals surface area contributed by atoms with E-state index in [1.165, 1.54) is 37.7 Å². The van der Waals surface area contributed by atoms with Crippen LogP contribution in [0.4, 0.5) is 10.1 Å². The Labute approximate surface area is 228 Å². The number of nitrogens with zero attached hydrogens (tertiary/aromatic N) is 3. The lowest BCUT2D eigenvalue weighted by Gasteiger charge is -2.29. The summed E-state index contributed by atoms with van der Waals surface area (Å²) >= 11 is 0. The van der Waals surface area contributed by atoms with Gasteiger partial charge in [-0.15, -0.1) is 0 Å². The van der Waals surface area contributed by atoms with Crippen LogP contribution in [0.1, 0.15) is 55.6 Å². The molecule has 0 spiro atoms. The van der Waals surface area contributed by atoms with E-state index >= 15 is 0 Å². The van der Waals surface area contributed by atoms with Crippen molar-refractivity contribution < 1.29 is 22.1 Å². The van der Waals surface area contributed by atoms with E-state index < -0.39 is 10.0 Å². The standard InChI is InChI=1S/C29H35FN4O4S/c1-39(35,36)34(16-5-15-33-13-3-2-4-14-33)25-19-26-24(18-23(25)20-6-7-20)27(29-31-12-17-37-32-29)28(38-26)21-8-10-22(30)11-9-21/h8-11,18-20H,2-7,12-17H2,1H3,(H,31,32). The molecule has 2 fully saturated rings. The summed E-state index contributed by atoms with van der Waals surface area (Å²) in [5, 5.41) is 8.39. The second-order valence-corrected chi connectivity index (χ2v) is 12.7. The van der Waals surface area contributed by atoms with Gasteiger partial charge < -0.3 is 19.5 Å². The zero-order chi connectivity index (χ0) is 27.0. The van der Waals surface area contributed by atoms with Crippen LogP contribution in [0, 0.1) is 5.82 Å². The van der Waals surface area contributed by atoms with Gasteiger partial charge in [-0.05, 0) is 93.6 Å². The molecule has 10 heteroatoms. The van der Waals surface area contributed by atoms with Gasteiger partial charge in [0.1, 0.15) is 23.8 Å². The molecule has 1 N–H and O–H groups in total. The van der Waals surface area contributed by atoms with Gasteiger partial charge in [0.15, 0.2) is 5.84 Å². The largest absolute Gasteiger partial charge is 0.455 e. The molecule has 1 aliphatic carbocycles. The van der Waals surface area contributed by atoms with E-state index in [0.29, 0.717) is 54.0 Å². The van der Waals surface area contributed by atoms with Gasteiger partial charge in [0.2, 0.25) is 10.0 Å². The number of hydrogen-bond donors (Lipinski definition) is 1. The quantitative estimate of drug-likeness (QED) is 0.399. The zero-order valence-corrected chi connectivity index (χ0v) is 23.1. The van der Waals surface area contributed by atoms with Crippen LogP contribution >= 0.6 is 0 Å². The monoisotopic (exact) mass is 554 g/mol. The first-order valence-electron chi connectivity index (χ1n) is 13.9. The molecule has 1 saturated carbocycles. The molecule has 0 radical (unpaired) electrons. The Morgan fingerprint density at radius 1 is 1.13 bits per heavy atom. The van der Waals surface area contributed by atoms with Crippen molar-refractivity contribution in [3.8, 4) is 11.3 Å². The number of rotatable bonds is 9. The number of nitrogens with one attached hydrogen (secondary N) is 1. The summed E-state index contributed by atoms with van der Waals surface area (Å²) in [4.78, 5) is 7.82. The third kappa shape index (κ3) is 5.63. The number of likely N-dealkylation sites (tertiary alicyclic amines) is 1. The van der Waals surface area contributed by atoms with Gasteiger partial charge in [0, 0.05) is 23.6 Å². The molecule has 6 rings (SSSR count).